The molecule has 244 valence electrons. The SMILES string of the molecule is CCCCCCCCCCc1cc2ccc3c4ccc5c(ccc6cc(CCCCCCCCCC)n(C)c65)c4ccc3c2n1C. The van der Waals surface area contributed by atoms with Gasteiger partial charge in [-0.05, 0) is 59.4 Å². The van der Waals surface area contributed by atoms with Crippen molar-refractivity contribution in [3.63, 3.8) is 0 Å². The molecular weight excluding hydrogens is 556 g/mol. The Kier molecular flexibility index (Phi) is 11.0. The molecule has 0 atom stereocenters. The average Bonchev–Trinajstić information content (AvgIpc) is 3.58. The van der Waals surface area contributed by atoms with E-state index >= 15 is 0 Å². The summed E-state index contributed by atoms with van der Waals surface area (Å²) in [5.74, 6) is 0. The number of nitrogens with zero attached hydrogens (tertiary/aromatic N) is 2. The van der Waals surface area contributed by atoms with Gasteiger partial charge in [0.1, 0.15) is 0 Å². The minimum absolute atomic E-state index is 1.17. The lowest BCUT2D eigenvalue weighted by Crippen LogP contribution is -1.97. The number of aryl methyl sites for hydroxylation is 4. The molecule has 46 heavy (non-hydrogen) atoms. The van der Waals surface area contributed by atoms with Gasteiger partial charge >= 0.3 is 0 Å². The largest absolute Gasteiger partial charge is 0.347 e. The second-order valence-corrected chi connectivity index (χ2v) is 14.3. The van der Waals surface area contributed by atoms with Crippen molar-refractivity contribution in [2.45, 2.75) is 129 Å². The van der Waals surface area contributed by atoms with Gasteiger partial charge in [-0.1, -0.05) is 152 Å². The number of hydrogen-bond donors (Lipinski definition) is 0. The van der Waals surface area contributed by atoms with Gasteiger partial charge in [0, 0.05) is 47.0 Å². The van der Waals surface area contributed by atoms with Crippen LogP contribution in [0.1, 0.15) is 128 Å². The molecule has 0 aliphatic heterocycles. The van der Waals surface area contributed by atoms with Gasteiger partial charge in [-0.2, -0.15) is 0 Å². The molecule has 0 bridgehead atoms. The molecule has 2 aromatic heterocycles. The number of aromatic nitrogens is 2. The normalized spacial score (nSPS) is 12.2. The van der Waals surface area contributed by atoms with Crippen molar-refractivity contribution in [3.05, 3.63) is 72.1 Å². The summed E-state index contributed by atoms with van der Waals surface area (Å²) >= 11 is 0. The summed E-state index contributed by atoms with van der Waals surface area (Å²) in [7, 11) is 4.56. The van der Waals surface area contributed by atoms with Crippen LogP contribution in [0.15, 0.2) is 60.7 Å². The molecule has 0 aliphatic rings. The Labute approximate surface area is 278 Å². The third kappa shape index (κ3) is 6.87. The molecule has 0 spiro atoms. The number of hydrogen-bond acceptors (Lipinski definition) is 0. The van der Waals surface area contributed by atoms with E-state index in [4.69, 9.17) is 0 Å². The first-order valence-electron chi connectivity index (χ1n) is 19.0. The maximum absolute atomic E-state index is 2.48. The molecule has 0 fully saturated rings. The van der Waals surface area contributed by atoms with E-state index in [0.29, 0.717) is 0 Å². The average molecular weight is 615 g/mol. The van der Waals surface area contributed by atoms with Crippen LogP contribution in [0.3, 0.4) is 0 Å². The van der Waals surface area contributed by atoms with Gasteiger partial charge in [0.15, 0.2) is 0 Å². The molecule has 0 saturated carbocycles. The smallest absolute Gasteiger partial charge is 0.0559 e. The van der Waals surface area contributed by atoms with E-state index < -0.39 is 0 Å². The van der Waals surface area contributed by atoms with E-state index in [1.165, 1.54) is 181 Å². The van der Waals surface area contributed by atoms with Gasteiger partial charge in [-0.25, -0.2) is 0 Å². The fourth-order valence-corrected chi connectivity index (χ4v) is 8.22. The maximum atomic E-state index is 2.48. The van der Waals surface area contributed by atoms with Crippen LogP contribution in [-0.4, -0.2) is 9.13 Å². The molecule has 0 aliphatic carbocycles. The zero-order valence-corrected chi connectivity index (χ0v) is 29.4. The summed E-state index contributed by atoms with van der Waals surface area (Å²) in [4.78, 5) is 0. The summed E-state index contributed by atoms with van der Waals surface area (Å²) < 4.78 is 4.96. The Morgan fingerprint density at radius 3 is 1.07 bits per heavy atom. The Hall–Kier alpha value is -3.26. The highest BCUT2D eigenvalue weighted by Gasteiger charge is 2.15. The number of benzene rings is 4. The number of fused-ring (bicyclic) bond motifs is 9. The van der Waals surface area contributed by atoms with Gasteiger partial charge < -0.3 is 9.13 Å². The highest BCUT2D eigenvalue weighted by atomic mass is 14.9. The molecule has 0 unspecified atom stereocenters. The summed E-state index contributed by atoms with van der Waals surface area (Å²) in [6.45, 7) is 4.60. The molecule has 2 heterocycles. The van der Waals surface area contributed by atoms with Crippen molar-refractivity contribution in [3.8, 4) is 0 Å². The number of unbranched alkanes of at least 4 members (excludes halogenated alkanes) is 14. The lowest BCUT2D eigenvalue weighted by Gasteiger charge is -2.12. The zero-order valence-electron chi connectivity index (χ0n) is 29.4. The maximum Gasteiger partial charge on any atom is 0.0559 e. The minimum Gasteiger partial charge on any atom is -0.347 e. The van der Waals surface area contributed by atoms with Crippen LogP contribution in [-0.2, 0) is 26.9 Å². The van der Waals surface area contributed by atoms with E-state index in [9.17, 15) is 0 Å². The lowest BCUT2D eigenvalue weighted by molar-refractivity contribution is 0.572. The molecular formula is C44H58N2. The van der Waals surface area contributed by atoms with E-state index in [0.717, 1.165) is 0 Å². The quantitative estimate of drug-likeness (QED) is 0.0673. The van der Waals surface area contributed by atoms with Crippen molar-refractivity contribution in [1.29, 1.82) is 0 Å². The predicted octanol–water partition coefficient (Wildman–Crippen LogP) is 13.5. The van der Waals surface area contributed by atoms with Crippen LogP contribution < -0.4 is 0 Å². The molecule has 6 aromatic rings. The van der Waals surface area contributed by atoms with Gasteiger partial charge in [-0.3, -0.25) is 0 Å². The zero-order chi connectivity index (χ0) is 31.9. The van der Waals surface area contributed by atoms with Crippen LogP contribution in [0.25, 0.3) is 54.1 Å². The highest BCUT2D eigenvalue weighted by Crippen LogP contribution is 2.38. The van der Waals surface area contributed by atoms with Gasteiger partial charge in [0.2, 0.25) is 0 Å². The van der Waals surface area contributed by atoms with Crippen LogP contribution in [0, 0.1) is 0 Å². The monoisotopic (exact) mass is 614 g/mol. The molecule has 2 nitrogen and oxygen atoms in total. The van der Waals surface area contributed by atoms with Crippen molar-refractivity contribution in [1.82, 2.24) is 9.13 Å². The fraction of sp³-hybridized carbons (Fsp3) is 0.500. The summed E-state index contributed by atoms with van der Waals surface area (Å²) in [5, 5.41) is 11.0. The molecule has 0 N–H and O–H groups in total. The van der Waals surface area contributed by atoms with E-state index in [1.54, 1.807) is 0 Å². The minimum atomic E-state index is 1.17. The first-order valence-corrected chi connectivity index (χ1v) is 19.0. The van der Waals surface area contributed by atoms with Crippen molar-refractivity contribution < 1.29 is 0 Å². The lowest BCUT2D eigenvalue weighted by atomic mass is 9.95. The first-order chi connectivity index (χ1) is 22.6. The van der Waals surface area contributed by atoms with E-state index in [2.05, 4.69) is 97.7 Å². The second kappa shape index (κ2) is 15.6. The van der Waals surface area contributed by atoms with E-state index in [-0.39, 0.29) is 0 Å². The van der Waals surface area contributed by atoms with Crippen molar-refractivity contribution >= 4 is 54.1 Å². The van der Waals surface area contributed by atoms with Crippen LogP contribution in [0.5, 0.6) is 0 Å². The highest BCUT2D eigenvalue weighted by molar-refractivity contribution is 6.24. The molecule has 0 radical (unpaired) electrons. The Balaban J connectivity index is 1.21. The third-order valence-corrected chi connectivity index (χ3v) is 11.0. The Morgan fingerprint density at radius 2 is 0.674 bits per heavy atom. The summed E-state index contributed by atoms with van der Waals surface area (Å²) in [6, 6.07) is 23.9. The third-order valence-electron chi connectivity index (χ3n) is 11.0. The molecule has 4 aromatic carbocycles. The predicted molar refractivity (Wildman–Crippen MR) is 205 cm³/mol. The molecule has 0 saturated heterocycles. The molecule has 6 rings (SSSR count). The van der Waals surface area contributed by atoms with Crippen molar-refractivity contribution in [2.24, 2.45) is 14.1 Å². The van der Waals surface area contributed by atoms with Crippen LogP contribution in [0.2, 0.25) is 0 Å². The Bertz CT molecular complexity index is 1760. The molecule has 2 heteroatoms. The fourth-order valence-electron chi connectivity index (χ4n) is 8.22. The van der Waals surface area contributed by atoms with Gasteiger partial charge in [0.25, 0.3) is 0 Å². The van der Waals surface area contributed by atoms with Gasteiger partial charge in [0.05, 0.1) is 11.0 Å². The van der Waals surface area contributed by atoms with Crippen LogP contribution >= 0.6 is 0 Å². The second-order valence-electron chi connectivity index (χ2n) is 14.3. The first kappa shape index (κ1) is 32.7. The summed E-state index contributed by atoms with van der Waals surface area (Å²) in [6.07, 6.45) is 24.3. The van der Waals surface area contributed by atoms with Crippen LogP contribution in [0.4, 0.5) is 0 Å². The van der Waals surface area contributed by atoms with E-state index in [1.807, 2.05) is 0 Å². The van der Waals surface area contributed by atoms with Gasteiger partial charge in [-0.15, -0.1) is 0 Å². The Morgan fingerprint density at radius 1 is 0.370 bits per heavy atom. The number of rotatable bonds is 18. The summed E-state index contributed by atoms with van der Waals surface area (Å²) in [5.41, 5.74) is 5.72. The van der Waals surface area contributed by atoms with Crippen molar-refractivity contribution in [2.75, 3.05) is 0 Å². The standard InChI is InChI=1S/C44H58N2/c1-5-7-9-11-13-15-17-19-21-35-31-33-23-25-39-37-28-30-42-40(38(37)27-29-41(39)43(33)45(35)3)26-24-34-32-36(46(4)44(34)42)22-20-18-16-14-12-10-8-6-2/h23-32H,5-22H2,1-4H3. The topological polar surface area (TPSA) is 9.86 Å². The molecule has 0 amide bonds.